The maximum Gasteiger partial charge on any atom is 1.00 e. The van der Waals surface area contributed by atoms with Gasteiger partial charge < -0.3 is 20.9 Å². The molecule has 1 amide bonds. The maximum absolute atomic E-state index is 12.2. The van der Waals surface area contributed by atoms with Crippen molar-refractivity contribution in [3.63, 3.8) is 0 Å². The largest absolute Gasteiger partial charge is 1.00 e. The number of hydrogen-bond acceptors (Lipinski definition) is 2. The van der Waals surface area contributed by atoms with Gasteiger partial charge in [-0.05, 0) is 24.2 Å². The molecule has 1 atom stereocenters. The van der Waals surface area contributed by atoms with Crippen molar-refractivity contribution >= 4 is 58.0 Å². The van der Waals surface area contributed by atoms with E-state index in [2.05, 4.69) is 16.0 Å². The molecule has 0 saturated carbocycles. The second-order valence-corrected chi connectivity index (χ2v) is 8.39. The zero-order valence-electron chi connectivity index (χ0n) is 14.6. The molecule has 1 saturated heterocycles. The smallest absolute Gasteiger partial charge is 0.659 e. The van der Waals surface area contributed by atoms with Crippen LogP contribution in [0.25, 0.3) is 5.32 Å². The van der Waals surface area contributed by atoms with Gasteiger partial charge in [-0.25, -0.2) is 0 Å². The molecule has 1 aliphatic heterocycles. The Bertz CT molecular complexity index is 583. The average Bonchev–Trinajstić information content (AvgIpc) is 2.60. The fourth-order valence-corrected chi connectivity index (χ4v) is 2.99. The van der Waals surface area contributed by atoms with Crippen LogP contribution < -0.4 is 68.8 Å². The summed E-state index contributed by atoms with van der Waals surface area (Å²) in [5.41, 5.74) is 1.07. The van der Waals surface area contributed by atoms with E-state index in [-0.39, 0.29) is 70.5 Å². The summed E-state index contributed by atoms with van der Waals surface area (Å²) in [4.78, 5) is 14.2. The normalized spacial score (nSPS) is 15.6. The van der Waals surface area contributed by atoms with Crippen LogP contribution in [0.1, 0.15) is 12.0 Å². The molecule has 0 bridgehead atoms. The van der Waals surface area contributed by atoms with Crippen molar-refractivity contribution in [3.05, 3.63) is 41.2 Å². The summed E-state index contributed by atoms with van der Waals surface area (Å²) < 4.78 is -1.73. The molecule has 0 spiro atoms. The van der Waals surface area contributed by atoms with Crippen molar-refractivity contribution in [3.8, 4) is 0 Å². The van der Waals surface area contributed by atoms with Crippen molar-refractivity contribution in [1.82, 2.24) is 15.5 Å². The number of nitrogens with one attached hydrogen (secondary N) is 2. The van der Waals surface area contributed by atoms with Gasteiger partial charge in [-0.2, -0.15) is 0 Å². The third-order valence-electron chi connectivity index (χ3n) is 3.73. The number of aryl methyl sites for hydroxylation is 1. The van der Waals surface area contributed by atoms with E-state index in [1.807, 2.05) is 35.2 Å². The Balaban J connectivity index is 0.00000338. The third kappa shape index (κ3) is 9.01. The van der Waals surface area contributed by atoms with Crippen molar-refractivity contribution in [2.24, 2.45) is 0 Å². The van der Waals surface area contributed by atoms with Crippen molar-refractivity contribution < 1.29 is 63.0 Å². The van der Waals surface area contributed by atoms with Crippen LogP contribution in [0.4, 0.5) is 0 Å². The fourth-order valence-electron chi connectivity index (χ4n) is 2.36. The number of carbonyl (C=O) groups is 1. The number of hydrogen-bond donors (Lipinski definition) is 2. The van der Waals surface area contributed by atoms with Crippen molar-refractivity contribution in [2.75, 3.05) is 26.2 Å². The first-order valence-electron chi connectivity index (χ1n) is 7.95. The zero-order chi connectivity index (χ0) is 18.3. The van der Waals surface area contributed by atoms with Gasteiger partial charge in [0.1, 0.15) is 6.17 Å². The first-order valence-corrected chi connectivity index (χ1v) is 9.49. The number of rotatable bonds is 5. The predicted octanol–water partition coefficient (Wildman–Crippen LogP) is -0.000500. The summed E-state index contributed by atoms with van der Waals surface area (Å²) in [5.74, 6) is -0.218. The van der Waals surface area contributed by atoms with Gasteiger partial charge in [0.05, 0.1) is 0 Å². The second kappa shape index (κ2) is 12.6. The number of benzene rings is 1. The number of halogens is 3. The summed E-state index contributed by atoms with van der Waals surface area (Å²) in [6, 6.07) is 9.73. The molecule has 138 valence electrons. The molecule has 0 aliphatic carbocycles. The van der Waals surface area contributed by atoms with Crippen LogP contribution in [-0.4, -0.2) is 52.1 Å². The van der Waals surface area contributed by atoms with Crippen LogP contribution in [0, 0.1) is 0 Å². The van der Waals surface area contributed by atoms with Gasteiger partial charge in [-0.15, -0.1) is 13.1 Å². The van der Waals surface area contributed by atoms with Crippen molar-refractivity contribution in [1.29, 1.82) is 0 Å². The molecule has 10 heteroatoms. The molecule has 1 aromatic carbocycles. The number of piperazine rings is 1. The van der Waals surface area contributed by atoms with E-state index in [9.17, 15) is 4.79 Å². The number of alkyl halides is 3. The summed E-state index contributed by atoms with van der Waals surface area (Å²) in [7, 11) is 0. The molecule has 5 nitrogen and oxygen atoms in total. The number of nitrogens with zero attached hydrogens (tertiary/aromatic N) is 2. The first-order chi connectivity index (χ1) is 11.9. The Kier molecular flexibility index (Phi) is 12.1. The van der Waals surface area contributed by atoms with Crippen LogP contribution in [0.3, 0.4) is 0 Å². The van der Waals surface area contributed by atoms with Gasteiger partial charge in [-0.1, -0.05) is 65.1 Å². The molecule has 0 aromatic heterocycles. The topological polar surface area (TPSA) is 58.5 Å². The van der Waals surface area contributed by atoms with Crippen LogP contribution in [0.5, 0.6) is 0 Å². The van der Waals surface area contributed by atoms with E-state index in [0.717, 1.165) is 5.56 Å². The molecule has 2 rings (SSSR count). The Morgan fingerprint density at radius 1 is 1.19 bits per heavy atom. The first kappa shape index (κ1) is 25.1. The van der Waals surface area contributed by atoms with Crippen LogP contribution >= 0.6 is 47.0 Å². The molecular weight excluding hydrogens is 488 g/mol. The Morgan fingerprint density at radius 2 is 1.81 bits per heavy atom. The van der Waals surface area contributed by atoms with Crippen LogP contribution in [0.2, 0.25) is 0 Å². The van der Waals surface area contributed by atoms with E-state index in [1.165, 1.54) is 0 Å². The minimum Gasteiger partial charge on any atom is -0.659 e. The Morgan fingerprint density at radius 3 is 2.38 bits per heavy atom. The van der Waals surface area contributed by atoms with Gasteiger partial charge >= 0.3 is 58.2 Å². The van der Waals surface area contributed by atoms with Crippen LogP contribution in [-0.2, 0) is 11.2 Å². The number of thiocarbonyl (C=S) groups is 1. The summed E-state index contributed by atoms with van der Waals surface area (Å²) >= 11 is 23.4. The van der Waals surface area contributed by atoms with Gasteiger partial charge in [-0.3, -0.25) is 4.79 Å². The minimum atomic E-state index is -1.73. The molecule has 2 N–H and O–H groups in total. The zero-order valence-corrected chi connectivity index (χ0v) is 22.6. The van der Waals surface area contributed by atoms with E-state index < -0.39 is 9.96 Å². The molecule has 1 aliphatic rings. The Hall–Kier alpha value is 1.02. The maximum atomic E-state index is 12.2. The molecule has 0 radical (unpaired) electrons. The van der Waals surface area contributed by atoms with Crippen LogP contribution in [0.15, 0.2) is 30.3 Å². The molecule has 1 unspecified atom stereocenters. The third-order valence-corrected chi connectivity index (χ3v) is 4.76. The van der Waals surface area contributed by atoms with Gasteiger partial charge in [0.25, 0.3) is 0 Å². The average molecular weight is 508 g/mol. The van der Waals surface area contributed by atoms with Gasteiger partial charge in [0.2, 0.25) is 9.70 Å². The van der Waals surface area contributed by atoms with E-state index in [0.29, 0.717) is 37.7 Å². The quantitative estimate of drug-likeness (QED) is 0.334. The second-order valence-electron chi connectivity index (χ2n) is 5.64. The summed E-state index contributed by atoms with van der Waals surface area (Å²) in [5, 5.41) is 10.4. The van der Waals surface area contributed by atoms with Gasteiger partial charge in [0.15, 0.2) is 5.11 Å². The molecule has 1 aromatic rings. The number of amides is 1. The summed E-state index contributed by atoms with van der Waals surface area (Å²) in [6.07, 6.45) is -0.0116. The summed E-state index contributed by atoms with van der Waals surface area (Å²) in [6.45, 7) is 2.84. The standard InChI is InChI=1S/C16H20Cl3N4OS.Rb/c17-16(18,19)14(22-15(25)23-10-8-20-9-11-23)21-13(24)7-6-12-4-2-1-3-5-12;/h1-5,14H,6-11H2,(H,21,24)(H,22,25);/q-1;+1. The monoisotopic (exact) mass is 506 g/mol. The van der Waals surface area contributed by atoms with E-state index >= 15 is 0 Å². The van der Waals surface area contributed by atoms with Gasteiger partial charge in [0, 0.05) is 19.5 Å². The molecule has 1 heterocycles. The Labute approximate surface area is 223 Å². The number of carbonyl (C=O) groups excluding carboxylic acids is 1. The SMILES string of the molecule is O=C(CCc1ccccc1)NC(NC(=S)N1CC[N-]CC1)C(Cl)(Cl)Cl.[Rb+]. The van der Waals surface area contributed by atoms with Crippen molar-refractivity contribution in [2.45, 2.75) is 22.8 Å². The minimum absolute atomic E-state index is 0. The molecule has 1 fully saturated rings. The molecular formula is C16H20Cl3N4ORbS. The van der Waals surface area contributed by atoms with E-state index in [4.69, 9.17) is 47.0 Å². The molecule has 26 heavy (non-hydrogen) atoms. The van der Waals surface area contributed by atoms with E-state index in [1.54, 1.807) is 0 Å². The fraction of sp³-hybridized carbons (Fsp3) is 0.500. The predicted molar refractivity (Wildman–Crippen MR) is 107 cm³/mol.